The third kappa shape index (κ3) is 6.08. The summed E-state index contributed by atoms with van der Waals surface area (Å²) >= 11 is 3.34. The molecule has 0 amide bonds. The first-order chi connectivity index (χ1) is 11.9. The SMILES string of the molecule is CCOc1cc(CN2CCCN(C(C)C)CC2)cc(Br)c1OC(F)F. The number of ether oxygens (including phenoxy) is 2. The summed E-state index contributed by atoms with van der Waals surface area (Å²) in [6.07, 6.45) is 1.13. The van der Waals surface area contributed by atoms with Crippen LogP contribution < -0.4 is 9.47 Å². The Kier molecular flexibility index (Phi) is 7.90. The van der Waals surface area contributed by atoms with Crippen LogP contribution in [0, 0.1) is 0 Å². The summed E-state index contributed by atoms with van der Waals surface area (Å²) in [6, 6.07) is 4.20. The fourth-order valence-electron chi connectivity index (χ4n) is 3.10. The average molecular weight is 421 g/mol. The number of halogens is 3. The summed E-state index contributed by atoms with van der Waals surface area (Å²) in [5.41, 5.74) is 1.02. The quantitative estimate of drug-likeness (QED) is 0.653. The van der Waals surface area contributed by atoms with E-state index in [1.165, 1.54) is 0 Å². The minimum atomic E-state index is -2.88. The zero-order valence-corrected chi connectivity index (χ0v) is 16.7. The molecule has 1 fully saturated rings. The van der Waals surface area contributed by atoms with Crippen LogP contribution in [-0.4, -0.2) is 55.2 Å². The molecule has 1 heterocycles. The van der Waals surface area contributed by atoms with Gasteiger partial charge in [-0.05, 0) is 73.9 Å². The van der Waals surface area contributed by atoms with E-state index in [0.29, 0.717) is 22.9 Å². The standard InChI is InChI=1S/C18H27BrF2N2O2/c1-4-24-16-11-14(10-15(19)17(16)25-18(20)21)12-22-6-5-7-23(9-8-22)13(2)3/h10-11,13,18H,4-9,12H2,1-3H3. The molecular formula is C18H27BrF2N2O2. The van der Waals surface area contributed by atoms with Gasteiger partial charge in [0.15, 0.2) is 11.5 Å². The summed E-state index contributed by atoms with van der Waals surface area (Å²) in [6.45, 7) is 8.73. The van der Waals surface area contributed by atoms with Crippen molar-refractivity contribution in [2.75, 3.05) is 32.8 Å². The first kappa shape index (κ1) is 20.4. The van der Waals surface area contributed by atoms with Gasteiger partial charge in [-0.25, -0.2) is 0 Å². The van der Waals surface area contributed by atoms with Gasteiger partial charge in [-0.2, -0.15) is 8.78 Å². The third-order valence-corrected chi connectivity index (χ3v) is 4.92. The van der Waals surface area contributed by atoms with Crippen molar-refractivity contribution >= 4 is 15.9 Å². The molecule has 1 aliphatic rings. The summed E-state index contributed by atoms with van der Waals surface area (Å²) in [7, 11) is 0. The van der Waals surface area contributed by atoms with Crippen molar-refractivity contribution in [3.8, 4) is 11.5 Å². The van der Waals surface area contributed by atoms with E-state index >= 15 is 0 Å². The van der Waals surface area contributed by atoms with Gasteiger partial charge in [-0.3, -0.25) is 9.80 Å². The van der Waals surface area contributed by atoms with Crippen molar-refractivity contribution in [3.63, 3.8) is 0 Å². The van der Waals surface area contributed by atoms with Gasteiger partial charge in [0.1, 0.15) is 0 Å². The molecule has 0 aromatic heterocycles. The predicted molar refractivity (Wildman–Crippen MR) is 98.5 cm³/mol. The lowest BCUT2D eigenvalue weighted by atomic mass is 10.2. The Labute approximate surface area is 157 Å². The zero-order valence-electron chi connectivity index (χ0n) is 15.1. The highest BCUT2D eigenvalue weighted by molar-refractivity contribution is 9.10. The Morgan fingerprint density at radius 1 is 1.16 bits per heavy atom. The molecule has 1 aromatic rings. The molecule has 25 heavy (non-hydrogen) atoms. The van der Waals surface area contributed by atoms with E-state index in [2.05, 4.69) is 44.3 Å². The molecule has 1 saturated heterocycles. The Balaban J connectivity index is 2.11. The highest BCUT2D eigenvalue weighted by Crippen LogP contribution is 2.38. The minimum absolute atomic E-state index is 0.0578. The van der Waals surface area contributed by atoms with Crippen LogP contribution in [0.3, 0.4) is 0 Å². The first-order valence-corrected chi connectivity index (χ1v) is 9.56. The van der Waals surface area contributed by atoms with Crippen LogP contribution in [0.2, 0.25) is 0 Å². The Bertz CT molecular complexity index is 558. The van der Waals surface area contributed by atoms with Gasteiger partial charge in [0, 0.05) is 25.7 Å². The maximum Gasteiger partial charge on any atom is 0.387 e. The van der Waals surface area contributed by atoms with E-state index in [-0.39, 0.29) is 5.75 Å². The molecule has 0 aliphatic carbocycles. The topological polar surface area (TPSA) is 24.9 Å². The molecular weight excluding hydrogens is 394 g/mol. The third-order valence-electron chi connectivity index (χ3n) is 4.34. The van der Waals surface area contributed by atoms with E-state index in [0.717, 1.165) is 44.7 Å². The highest BCUT2D eigenvalue weighted by atomic mass is 79.9. The molecule has 0 radical (unpaired) electrons. The smallest absolute Gasteiger partial charge is 0.387 e. The van der Waals surface area contributed by atoms with Gasteiger partial charge in [0.05, 0.1) is 11.1 Å². The van der Waals surface area contributed by atoms with Crippen LogP contribution in [0.4, 0.5) is 8.78 Å². The lowest BCUT2D eigenvalue weighted by molar-refractivity contribution is -0.0519. The Hall–Kier alpha value is -0.920. The van der Waals surface area contributed by atoms with Gasteiger partial charge in [0.2, 0.25) is 0 Å². The van der Waals surface area contributed by atoms with Crippen LogP contribution in [0.5, 0.6) is 11.5 Å². The van der Waals surface area contributed by atoms with Crippen LogP contribution >= 0.6 is 15.9 Å². The van der Waals surface area contributed by atoms with Crippen LogP contribution in [0.25, 0.3) is 0 Å². The van der Waals surface area contributed by atoms with Crippen LogP contribution in [-0.2, 0) is 6.54 Å². The Morgan fingerprint density at radius 2 is 1.92 bits per heavy atom. The average Bonchev–Trinajstić information content (AvgIpc) is 2.76. The van der Waals surface area contributed by atoms with Crippen LogP contribution in [0.1, 0.15) is 32.8 Å². The zero-order chi connectivity index (χ0) is 18.4. The molecule has 1 aliphatic heterocycles. The maximum absolute atomic E-state index is 12.6. The van der Waals surface area contributed by atoms with Gasteiger partial charge in [-0.1, -0.05) is 0 Å². The van der Waals surface area contributed by atoms with Crippen molar-refractivity contribution in [1.82, 2.24) is 9.80 Å². The lowest BCUT2D eigenvalue weighted by Crippen LogP contribution is -2.34. The summed E-state index contributed by atoms with van der Waals surface area (Å²) in [5, 5.41) is 0. The maximum atomic E-state index is 12.6. The number of hydrogen-bond acceptors (Lipinski definition) is 4. The molecule has 0 bridgehead atoms. The molecule has 2 rings (SSSR count). The fraction of sp³-hybridized carbons (Fsp3) is 0.667. The largest absolute Gasteiger partial charge is 0.490 e. The molecule has 1 aromatic carbocycles. The van der Waals surface area contributed by atoms with E-state index in [4.69, 9.17) is 4.74 Å². The fourth-order valence-corrected chi connectivity index (χ4v) is 3.69. The molecule has 0 atom stereocenters. The number of hydrogen-bond donors (Lipinski definition) is 0. The van der Waals surface area contributed by atoms with Crippen molar-refractivity contribution in [2.24, 2.45) is 0 Å². The monoisotopic (exact) mass is 420 g/mol. The Morgan fingerprint density at radius 3 is 2.56 bits per heavy atom. The number of benzene rings is 1. The first-order valence-electron chi connectivity index (χ1n) is 8.77. The van der Waals surface area contributed by atoms with E-state index in [1.807, 2.05) is 13.0 Å². The van der Waals surface area contributed by atoms with E-state index in [1.54, 1.807) is 6.07 Å². The minimum Gasteiger partial charge on any atom is -0.490 e. The molecule has 4 nitrogen and oxygen atoms in total. The van der Waals surface area contributed by atoms with Crippen molar-refractivity contribution < 1.29 is 18.3 Å². The molecule has 0 spiro atoms. The van der Waals surface area contributed by atoms with Gasteiger partial charge < -0.3 is 9.47 Å². The lowest BCUT2D eigenvalue weighted by Gasteiger charge is -2.25. The summed E-state index contributed by atoms with van der Waals surface area (Å²) in [5.74, 6) is 0.410. The van der Waals surface area contributed by atoms with Crippen molar-refractivity contribution in [3.05, 3.63) is 22.2 Å². The normalized spacial score (nSPS) is 17.1. The number of alkyl halides is 2. The second-order valence-electron chi connectivity index (χ2n) is 6.48. The second kappa shape index (κ2) is 9.69. The molecule has 0 unspecified atom stereocenters. The van der Waals surface area contributed by atoms with E-state index < -0.39 is 6.61 Å². The van der Waals surface area contributed by atoms with E-state index in [9.17, 15) is 8.78 Å². The van der Waals surface area contributed by atoms with Crippen molar-refractivity contribution in [2.45, 2.75) is 46.4 Å². The van der Waals surface area contributed by atoms with Gasteiger partial charge in [-0.15, -0.1) is 0 Å². The second-order valence-corrected chi connectivity index (χ2v) is 7.33. The predicted octanol–water partition coefficient (Wildman–Crippen LogP) is 4.37. The molecule has 142 valence electrons. The summed E-state index contributed by atoms with van der Waals surface area (Å²) < 4.78 is 35.9. The number of rotatable bonds is 7. The van der Waals surface area contributed by atoms with Crippen LogP contribution in [0.15, 0.2) is 16.6 Å². The molecule has 0 N–H and O–H groups in total. The highest BCUT2D eigenvalue weighted by Gasteiger charge is 2.20. The molecule has 0 saturated carbocycles. The number of nitrogens with zero attached hydrogens (tertiary/aromatic N) is 2. The summed E-state index contributed by atoms with van der Waals surface area (Å²) in [4.78, 5) is 4.88. The van der Waals surface area contributed by atoms with Gasteiger partial charge in [0.25, 0.3) is 0 Å². The van der Waals surface area contributed by atoms with Gasteiger partial charge >= 0.3 is 6.61 Å². The molecule has 7 heteroatoms. The van der Waals surface area contributed by atoms with Crippen molar-refractivity contribution in [1.29, 1.82) is 0 Å².